The van der Waals surface area contributed by atoms with Gasteiger partial charge in [0.25, 0.3) is 0 Å². The second-order valence-corrected chi connectivity index (χ2v) is 5.30. The number of halogens is 1. The third-order valence-electron chi connectivity index (χ3n) is 2.32. The molecule has 2 rings (SSSR count). The van der Waals surface area contributed by atoms with E-state index in [1.165, 1.54) is 0 Å². The van der Waals surface area contributed by atoms with E-state index in [0.29, 0.717) is 0 Å². The van der Waals surface area contributed by atoms with Crippen molar-refractivity contribution < 1.29 is 0 Å². The summed E-state index contributed by atoms with van der Waals surface area (Å²) >= 11 is 7.44. The fourth-order valence-electron chi connectivity index (χ4n) is 1.39. The van der Waals surface area contributed by atoms with E-state index in [4.69, 9.17) is 17.3 Å². The summed E-state index contributed by atoms with van der Waals surface area (Å²) in [6.45, 7) is 1.96. The van der Waals surface area contributed by atoms with Crippen molar-refractivity contribution in [3.05, 3.63) is 53.2 Å². The van der Waals surface area contributed by atoms with Gasteiger partial charge in [0.15, 0.2) is 0 Å². The van der Waals surface area contributed by atoms with Gasteiger partial charge in [0.05, 0.1) is 0 Å². The Hall–Kier alpha value is -1.03. The number of pyridine rings is 1. The standard InChI is InChI=1S/C13H13ClN2S/c1-9(15)10-6-7-16-13(8-10)17-12-4-2-11(14)3-5-12/h2-9H,15H2,1H3/t9-/m0/s1. The Bertz CT molecular complexity index is 497. The van der Waals surface area contributed by atoms with Crippen LogP contribution in [0.2, 0.25) is 5.02 Å². The molecule has 0 aliphatic rings. The maximum atomic E-state index is 5.84. The van der Waals surface area contributed by atoms with Gasteiger partial charge in [0.1, 0.15) is 5.03 Å². The van der Waals surface area contributed by atoms with Crippen molar-refractivity contribution in [2.45, 2.75) is 22.9 Å². The van der Waals surface area contributed by atoms with Gasteiger partial charge in [0, 0.05) is 22.2 Å². The van der Waals surface area contributed by atoms with E-state index < -0.39 is 0 Å². The molecule has 2 aromatic rings. The Morgan fingerprint density at radius 2 is 1.94 bits per heavy atom. The minimum Gasteiger partial charge on any atom is -0.324 e. The van der Waals surface area contributed by atoms with Crippen molar-refractivity contribution in [3.8, 4) is 0 Å². The molecule has 0 fully saturated rings. The molecule has 1 aromatic carbocycles. The van der Waals surface area contributed by atoms with Crippen LogP contribution in [0.1, 0.15) is 18.5 Å². The third-order valence-corrected chi connectivity index (χ3v) is 3.51. The zero-order valence-electron chi connectivity index (χ0n) is 9.43. The summed E-state index contributed by atoms with van der Waals surface area (Å²) in [6.07, 6.45) is 1.79. The van der Waals surface area contributed by atoms with E-state index in [1.807, 2.05) is 43.3 Å². The lowest BCUT2D eigenvalue weighted by molar-refractivity contribution is 0.808. The number of hydrogen-bond donors (Lipinski definition) is 1. The summed E-state index contributed by atoms with van der Waals surface area (Å²) in [5, 5.41) is 1.69. The predicted octanol–water partition coefficient (Wildman–Crippen LogP) is 3.91. The molecule has 1 atom stereocenters. The van der Waals surface area contributed by atoms with Crippen LogP contribution in [0.15, 0.2) is 52.5 Å². The first-order chi connectivity index (χ1) is 8.15. The molecule has 0 unspecified atom stereocenters. The molecule has 0 bridgehead atoms. The molecule has 1 heterocycles. The molecule has 0 aliphatic heterocycles. The van der Waals surface area contributed by atoms with Crippen molar-refractivity contribution >= 4 is 23.4 Å². The summed E-state index contributed by atoms with van der Waals surface area (Å²) in [6, 6.07) is 11.7. The van der Waals surface area contributed by atoms with Gasteiger partial charge < -0.3 is 5.73 Å². The molecule has 0 spiro atoms. The lowest BCUT2D eigenvalue weighted by Gasteiger charge is -2.07. The summed E-state index contributed by atoms with van der Waals surface area (Å²) in [7, 11) is 0. The van der Waals surface area contributed by atoms with E-state index in [-0.39, 0.29) is 6.04 Å². The summed E-state index contributed by atoms with van der Waals surface area (Å²) < 4.78 is 0. The lowest BCUT2D eigenvalue weighted by Crippen LogP contribution is -2.04. The molecular weight excluding hydrogens is 252 g/mol. The molecule has 88 valence electrons. The number of aromatic nitrogens is 1. The van der Waals surface area contributed by atoms with Gasteiger partial charge in [-0.25, -0.2) is 4.98 Å². The molecule has 2 nitrogen and oxygen atoms in total. The van der Waals surface area contributed by atoms with Crippen molar-refractivity contribution in [2.75, 3.05) is 0 Å². The molecular formula is C13H13ClN2S. The topological polar surface area (TPSA) is 38.9 Å². The average Bonchev–Trinajstić information content (AvgIpc) is 2.32. The SMILES string of the molecule is C[C@H](N)c1ccnc(Sc2ccc(Cl)cc2)c1. The monoisotopic (exact) mass is 264 g/mol. The first-order valence-electron chi connectivity index (χ1n) is 5.30. The van der Waals surface area contributed by atoms with Crippen molar-refractivity contribution in [1.29, 1.82) is 0 Å². The van der Waals surface area contributed by atoms with Crippen LogP contribution in [0.3, 0.4) is 0 Å². The summed E-state index contributed by atoms with van der Waals surface area (Å²) in [4.78, 5) is 5.43. The Balaban J connectivity index is 2.18. The molecule has 0 aliphatic carbocycles. The fraction of sp³-hybridized carbons (Fsp3) is 0.154. The van der Waals surface area contributed by atoms with Crippen LogP contribution in [0.25, 0.3) is 0 Å². The minimum absolute atomic E-state index is 0.0302. The van der Waals surface area contributed by atoms with Crippen LogP contribution >= 0.6 is 23.4 Å². The van der Waals surface area contributed by atoms with Gasteiger partial charge in [-0.3, -0.25) is 0 Å². The first-order valence-corrected chi connectivity index (χ1v) is 6.49. The van der Waals surface area contributed by atoms with Crippen LogP contribution < -0.4 is 5.73 Å². The van der Waals surface area contributed by atoms with Crippen molar-refractivity contribution in [1.82, 2.24) is 4.98 Å². The van der Waals surface area contributed by atoms with E-state index in [0.717, 1.165) is 20.5 Å². The zero-order valence-corrected chi connectivity index (χ0v) is 11.0. The molecule has 0 radical (unpaired) electrons. The molecule has 4 heteroatoms. The number of nitrogens with two attached hydrogens (primary N) is 1. The number of rotatable bonds is 3. The van der Waals surface area contributed by atoms with Gasteiger partial charge >= 0.3 is 0 Å². The maximum Gasteiger partial charge on any atom is 0.101 e. The van der Waals surface area contributed by atoms with Gasteiger partial charge in [-0.05, 0) is 48.9 Å². The Kier molecular flexibility index (Phi) is 4.05. The van der Waals surface area contributed by atoms with Crippen LogP contribution in [-0.2, 0) is 0 Å². The van der Waals surface area contributed by atoms with Gasteiger partial charge in [-0.2, -0.15) is 0 Å². The predicted molar refractivity (Wildman–Crippen MR) is 72.4 cm³/mol. The van der Waals surface area contributed by atoms with E-state index in [2.05, 4.69) is 4.98 Å². The largest absolute Gasteiger partial charge is 0.324 e. The average molecular weight is 265 g/mol. The molecule has 0 saturated carbocycles. The van der Waals surface area contributed by atoms with E-state index >= 15 is 0 Å². The smallest absolute Gasteiger partial charge is 0.101 e. The zero-order chi connectivity index (χ0) is 12.3. The quantitative estimate of drug-likeness (QED) is 0.914. The molecule has 17 heavy (non-hydrogen) atoms. The third kappa shape index (κ3) is 3.46. The summed E-state index contributed by atoms with van der Waals surface area (Å²) in [5.74, 6) is 0. The van der Waals surface area contributed by atoms with E-state index in [1.54, 1.807) is 18.0 Å². The van der Waals surface area contributed by atoms with E-state index in [9.17, 15) is 0 Å². The van der Waals surface area contributed by atoms with Crippen molar-refractivity contribution in [3.63, 3.8) is 0 Å². The second kappa shape index (κ2) is 5.54. The van der Waals surface area contributed by atoms with Gasteiger partial charge in [-0.15, -0.1) is 0 Å². The number of nitrogens with zero attached hydrogens (tertiary/aromatic N) is 1. The highest BCUT2D eigenvalue weighted by atomic mass is 35.5. The second-order valence-electron chi connectivity index (χ2n) is 3.77. The minimum atomic E-state index is 0.0302. The fourth-order valence-corrected chi connectivity index (χ4v) is 2.34. The normalized spacial score (nSPS) is 12.4. The van der Waals surface area contributed by atoms with Crippen LogP contribution in [0, 0.1) is 0 Å². The molecule has 0 saturated heterocycles. The maximum absolute atomic E-state index is 5.84. The number of benzene rings is 1. The van der Waals surface area contributed by atoms with Crippen LogP contribution in [0.4, 0.5) is 0 Å². The molecule has 0 amide bonds. The molecule has 2 N–H and O–H groups in total. The first kappa shape index (κ1) is 12.4. The number of hydrogen-bond acceptors (Lipinski definition) is 3. The van der Waals surface area contributed by atoms with Gasteiger partial charge in [-0.1, -0.05) is 23.4 Å². The van der Waals surface area contributed by atoms with Gasteiger partial charge in [0.2, 0.25) is 0 Å². The Morgan fingerprint density at radius 1 is 1.24 bits per heavy atom. The highest BCUT2D eigenvalue weighted by Crippen LogP contribution is 2.28. The summed E-state index contributed by atoms with van der Waals surface area (Å²) in [5.41, 5.74) is 6.94. The Labute approximate surface area is 110 Å². The van der Waals surface area contributed by atoms with Crippen LogP contribution in [-0.4, -0.2) is 4.98 Å². The molecule has 1 aromatic heterocycles. The lowest BCUT2D eigenvalue weighted by atomic mass is 10.1. The van der Waals surface area contributed by atoms with Crippen molar-refractivity contribution in [2.24, 2.45) is 5.73 Å². The van der Waals surface area contributed by atoms with Crippen LogP contribution in [0.5, 0.6) is 0 Å². The Morgan fingerprint density at radius 3 is 2.59 bits per heavy atom. The highest BCUT2D eigenvalue weighted by Gasteiger charge is 2.03. The highest BCUT2D eigenvalue weighted by molar-refractivity contribution is 7.99.